The third-order valence-electron chi connectivity index (χ3n) is 3.86. The molecule has 0 unspecified atom stereocenters. The number of rotatable bonds is 8. The van der Waals surface area contributed by atoms with Gasteiger partial charge in [0.1, 0.15) is 16.0 Å². The molecule has 3 rings (SSSR count). The lowest BCUT2D eigenvalue weighted by Gasteiger charge is -2.14. The maximum Gasteiger partial charge on any atom is 0.268 e. The van der Waals surface area contributed by atoms with Crippen molar-refractivity contribution >= 4 is 27.3 Å². The van der Waals surface area contributed by atoms with Gasteiger partial charge in [-0.15, -0.1) is 16.4 Å². The highest BCUT2D eigenvalue weighted by molar-refractivity contribution is 7.91. The summed E-state index contributed by atoms with van der Waals surface area (Å²) < 4.78 is 28.2. The third-order valence-corrected chi connectivity index (χ3v) is 6.66. The van der Waals surface area contributed by atoms with Crippen LogP contribution in [0.1, 0.15) is 17.3 Å². The molecule has 0 aliphatic rings. The fraction of sp³-hybridized carbons (Fsp3) is 0.188. The predicted octanol–water partition coefficient (Wildman–Crippen LogP) is 0.813. The van der Waals surface area contributed by atoms with Crippen LogP contribution in [0.25, 0.3) is 0 Å². The van der Waals surface area contributed by atoms with Crippen molar-refractivity contribution in [3.63, 3.8) is 0 Å². The third kappa shape index (κ3) is 4.72. The van der Waals surface area contributed by atoms with Crippen molar-refractivity contribution in [1.29, 1.82) is 0 Å². The van der Waals surface area contributed by atoms with E-state index in [2.05, 4.69) is 15.0 Å². The lowest BCUT2D eigenvalue weighted by Crippen LogP contribution is -2.32. The molecular weight excluding hydrogens is 406 g/mol. The molecule has 0 bridgehead atoms. The van der Waals surface area contributed by atoms with E-state index in [9.17, 15) is 18.3 Å². The minimum Gasteiger partial charge on any atom is -0.508 e. The number of benzene rings is 1. The van der Waals surface area contributed by atoms with Gasteiger partial charge in [-0.3, -0.25) is 10.0 Å². The fourth-order valence-corrected chi connectivity index (χ4v) is 4.48. The van der Waals surface area contributed by atoms with Gasteiger partial charge in [0.25, 0.3) is 5.91 Å². The van der Waals surface area contributed by atoms with Crippen molar-refractivity contribution in [2.75, 3.05) is 0 Å². The van der Waals surface area contributed by atoms with Crippen LogP contribution in [0.15, 0.2) is 52.2 Å². The average molecular weight is 423 g/mol. The van der Waals surface area contributed by atoms with Gasteiger partial charge >= 0.3 is 0 Å². The van der Waals surface area contributed by atoms with E-state index < -0.39 is 22.0 Å². The highest BCUT2D eigenvalue weighted by Crippen LogP contribution is 2.18. The monoisotopic (exact) mass is 423 g/mol. The molecule has 1 amide bonds. The number of amides is 1. The Morgan fingerprint density at radius 3 is 2.64 bits per heavy atom. The normalized spacial score (nSPS) is 12.6. The highest BCUT2D eigenvalue weighted by atomic mass is 32.2. The minimum absolute atomic E-state index is 0.0907. The van der Waals surface area contributed by atoms with Crippen molar-refractivity contribution in [2.24, 2.45) is 0 Å². The molecule has 0 fully saturated rings. The van der Waals surface area contributed by atoms with E-state index in [0.717, 1.165) is 16.9 Å². The number of nitrogens with one attached hydrogen (secondary N) is 2. The van der Waals surface area contributed by atoms with Crippen LogP contribution in [0.2, 0.25) is 0 Å². The van der Waals surface area contributed by atoms with Gasteiger partial charge in [0, 0.05) is 6.42 Å². The van der Waals surface area contributed by atoms with E-state index in [1.807, 2.05) is 0 Å². The van der Waals surface area contributed by atoms with Crippen LogP contribution in [0.3, 0.4) is 0 Å². The molecule has 28 heavy (non-hydrogen) atoms. The van der Waals surface area contributed by atoms with Gasteiger partial charge in [-0.05, 0) is 29.1 Å². The fourth-order valence-electron chi connectivity index (χ4n) is 2.44. The zero-order chi connectivity index (χ0) is 20.1. The molecule has 0 saturated heterocycles. The summed E-state index contributed by atoms with van der Waals surface area (Å²) in [6, 6.07) is 8.45. The van der Waals surface area contributed by atoms with Crippen LogP contribution in [0, 0.1) is 0 Å². The molecule has 1 aromatic carbocycles. The summed E-state index contributed by atoms with van der Waals surface area (Å²) in [6.07, 6.45) is 1.60. The second-order valence-corrected chi connectivity index (χ2v) is 8.75. The number of phenolic OH excluding ortho intramolecular Hbond substituents is 1. The molecule has 3 aromatic rings. The van der Waals surface area contributed by atoms with Gasteiger partial charge in [-0.2, -0.15) is 0 Å². The van der Waals surface area contributed by atoms with Gasteiger partial charge in [0.15, 0.2) is 0 Å². The minimum atomic E-state index is -3.65. The molecule has 12 heteroatoms. The number of phenols is 1. The van der Waals surface area contributed by atoms with Crippen LogP contribution < -0.4 is 10.2 Å². The Labute approximate surface area is 164 Å². The largest absolute Gasteiger partial charge is 0.508 e. The Bertz CT molecular complexity index is 1030. The summed E-state index contributed by atoms with van der Waals surface area (Å²) >= 11 is 1.09. The number of carbonyl (C=O) groups excluding carboxylic acids is 1. The molecule has 2 heterocycles. The van der Waals surface area contributed by atoms with Gasteiger partial charge in [-0.25, -0.2) is 23.3 Å². The summed E-state index contributed by atoms with van der Waals surface area (Å²) in [5, 5.41) is 27.8. The Morgan fingerprint density at radius 1 is 1.25 bits per heavy atom. The summed E-state index contributed by atoms with van der Waals surface area (Å²) in [6.45, 7) is -0.104. The second kappa shape index (κ2) is 8.48. The number of hydroxylamine groups is 1. The first-order valence-electron chi connectivity index (χ1n) is 8.05. The predicted molar refractivity (Wildman–Crippen MR) is 99.1 cm³/mol. The van der Waals surface area contributed by atoms with E-state index >= 15 is 0 Å². The smallest absolute Gasteiger partial charge is 0.268 e. The highest BCUT2D eigenvalue weighted by Gasteiger charge is 2.23. The standard InChI is InChI=1S/C16H17N5O5S2/c22-13-5-3-11(4-6-13)8-14(16(23)19-24)21-10-12(18-20-21)9-17-28(25,26)15-2-1-7-27-15/h1-7,10,14,17,22,24H,8-9H2,(H,19,23)/t14-/m0/s1. The zero-order valence-corrected chi connectivity index (χ0v) is 16.0. The molecule has 4 N–H and O–H groups in total. The average Bonchev–Trinajstić information content (AvgIpc) is 3.38. The number of thiophene rings is 1. The van der Waals surface area contributed by atoms with E-state index in [4.69, 9.17) is 5.21 Å². The van der Waals surface area contributed by atoms with Crippen molar-refractivity contribution in [3.8, 4) is 5.75 Å². The van der Waals surface area contributed by atoms with Crippen molar-refractivity contribution in [1.82, 2.24) is 25.2 Å². The van der Waals surface area contributed by atoms with Crippen molar-refractivity contribution < 1.29 is 23.5 Å². The number of aromatic hydroxyl groups is 1. The van der Waals surface area contributed by atoms with Gasteiger partial charge in [0.05, 0.1) is 18.4 Å². The first-order valence-corrected chi connectivity index (χ1v) is 10.4. The molecule has 1 atom stereocenters. The maximum absolute atomic E-state index is 12.2. The lowest BCUT2D eigenvalue weighted by atomic mass is 10.1. The summed E-state index contributed by atoms with van der Waals surface area (Å²) in [4.78, 5) is 12.1. The van der Waals surface area contributed by atoms with Gasteiger partial charge in [-0.1, -0.05) is 23.4 Å². The Kier molecular flexibility index (Phi) is 6.04. The lowest BCUT2D eigenvalue weighted by molar-refractivity contribution is -0.133. The van der Waals surface area contributed by atoms with Crippen LogP contribution in [-0.2, 0) is 27.8 Å². The van der Waals surface area contributed by atoms with Crippen molar-refractivity contribution in [3.05, 3.63) is 59.2 Å². The maximum atomic E-state index is 12.2. The molecule has 0 aliphatic carbocycles. The van der Waals surface area contributed by atoms with Gasteiger partial charge in [0.2, 0.25) is 10.0 Å². The van der Waals surface area contributed by atoms with Crippen LogP contribution in [0.5, 0.6) is 5.75 Å². The van der Waals surface area contributed by atoms with Crippen LogP contribution >= 0.6 is 11.3 Å². The Morgan fingerprint density at radius 2 is 2.00 bits per heavy atom. The zero-order valence-electron chi connectivity index (χ0n) is 14.4. The number of aromatic nitrogens is 3. The van der Waals surface area contributed by atoms with E-state index in [0.29, 0.717) is 5.69 Å². The first kappa shape index (κ1) is 19.9. The van der Waals surface area contributed by atoms with E-state index in [1.165, 1.54) is 29.1 Å². The number of nitrogens with zero attached hydrogens (tertiary/aromatic N) is 3. The molecular formula is C16H17N5O5S2. The number of carbonyl (C=O) groups is 1. The molecule has 0 radical (unpaired) electrons. The molecule has 2 aromatic heterocycles. The topological polar surface area (TPSA) is 146 Å². The van der Waals surface area contributed by atoms with Crippen LogP contribution in [0.4, 0.5) is 0 Å². The molecule has 148 valence electrons. The molecule has 0 saturated carbocycles. The first-order chi connectivity index (χ1) is 13.4. The van der Waals surface area contributed by atoms with Crippen LogP contribution in [-0.4, -0.2) is 39.6 Å². The quantitative estimate of drug-likeness (QED) is 0.310. The van der Waals surface area contributed by atoms with Gasteiger partial charge < -0.3 is 5.11 Å². The number of hydrogen-bond donors (Lipinski definition) is 4. The second-order valence-electron chi connectivity index (χ2n) is 5.81. The molecule has 10 nitrogen and oxygen atoms in total. The Hall–Kier alpha value is -2.80. The SMILES string of the molecule is O=C(NO)[C@H](Cc1ccc(O)cc1)n1cc(CNS(=O)(=O)c2cccs2)nn1. The summed E-state index contributed by atoms with van der Waals surface area (Å²) in [5.74, 6) is -0.614. The number of hydrogen-bond acceptors (Lipinski definition) is 8. The summed E-state index contributed by atoms with van der Waals surface area (Å²) in [5.41, 5.74) is 2.62. The number of sulfonamides is 1. The van der Waals surface area contributed by atoms with E-state index in [1.54, 1.807) is 29.1 Å². The molecule has 0 spiro atoms. The summed E-state index contributed by atoms with van der Waals surface area (Å²) in [7, 11) is -3.65. The Balaban J connectivity index is 1.73. The molecule has 0 aliphatic heterocycles. The van der Waals surface area contributed by atoms with E-state index in [-0.39, 0.29) is 22.9 Å². The van der Waals surface area contributed by atoms with Crippen molar-refractivity contribution in [2.45, 2.75) is 23.2 Å².